The van der Waals surface area contributed by atoms with Gasteiger partial charge in [-0.2, -0.15) is 0 Å². The molecule has 0 aromatic heterocycles. The fourth-order valence-electron chi connectivity index (χ4n) is 5.22. The molecule has 0 bridgehead atoms. The molecule has 2 saturated heterocycles. The Balaban J connectivity index is 1.29. The van der Waals surface area contributed by atoms with Crippen LogP contribution >= 0.6 is 0 Å². The van der Waals surface area contributed by atoms with Crippen LogP contribution in [0.15, 0.2) is 18.2 Å². The number of aryl methyl sites for hydroxylation is 2. The standard InChI is InChI=1S/C26H39N3O2/c1-19-6-7-22(14-20(19)2)15-25(30)27-17-24-11-10-23(29(24)18-21-8-9-21)16-26(31)28-12-4-3-5-13-28/h6-7,14,21,23-24H,3-5,8-13,15-18H2,1-2H3,(H,27,30)/t23-,24+/m1/s1. The van der Waals surface area contributed by atoms with E-state index in [2.05, 4.69) is 47.2 Å². The van der Waals surface area contributed by atoms with Crippen molar-refractivity contribution < 1.29 is 9.59 Å². The predicted octanol–water partition coefficient (Wildman–Crippen LogP) is 3.61. The first-order valence-electron chi connectivity index (χ1n) is 12.4. The molecule has 1 aliphatic carbocycles. The lowest BCUT2D eigenvalue weighted by Crippen LogP contribution is -2.46. The Kier molecular flexibility index (Phi) is 7.31. The lowest BCUT2D eigenvalue weighted by Gasteiger charge is -2.33. The highest BCUT2D eigenvalue weighted by atomic mass is 16.2. The van der Waals surface area contributed by atoms with E-state index >= 15 is 0 Å². The van der Waals surface area contributed by atoms with Crippen LogP contribution < -0.4 is 5.32 Å². The van der Waals surface area contributed by atoms with Crippen molar-refractivity contribution in [1.82, 2.24) is 15.1 Å². The third-order valence-corrected chi connectivity index (χ3v) is 7.53. The van der Waals surface area contributed by atoms with Crippen LogP contribution in [0.3, 0.4) is 0 Å². The molecule has 2 amide bonds. The van der Waals surface area contributed by atoms with Crippen LogP contribution in [0.1, 0.15) is 68.1 Å². The maximum atomic E-state index is 12.9. The smallest absolute Gasteiger partial charge is 0.224 e. The predicted molar refractivity (Wildman–Crippen MR) is 124 cm³/mol. The molecular formula is C26H39N3O2. The van der Waals surface area contributed by atoms with Crippen LogP contribution in [0.4, 0.5) is 0 Å². The highest BCUT2D eigenvalue weighted by Crippen LogP contribution is 2.35. The molecule has 4 rings (SSSR count). The van der Waals surface area contributed by atoms with Crippen molar-refractivity contribution in [3.8, 4) is 0 Å². The zero-order valence-corrected chi connectivity index (χ0v) is 19.4. The Morgan fingerprint density at radius 2 is 1.71 bits per heavy atom. The normalized spacial score (nSPS) is 24.4. The van der Waals surface area contributed by atoms with Gasteiger partial charge in [0.1, 0.15) is 0 Å². The third kappa shape index (κ3) is 6.09. The summed E-state index contributed by atoms with van der Waals surface area (Å²) in [4.78, 5) is 30.1. The zero-order chi connectivity index (χ0) is 21.8. The summed E-state index contributed by atoms with van der Waals surface area (Å²) in [5.74, 6) is 1.23. The number of rotatable bonds is 8. The quantitative estimate of drug-likeness (QED) is 0.692. The van der Waals surface area contributed by atoms with Gasteiger partial charge in [-0.3, -0.25) is 14.5 Å². The van der Waals surface area contributed by atoms with Gasteiger partial charge in [-0.1, -0.05) is 18.2 Å². The molecule has 1 N–H and O–H groups in total. The maximum absolute atomic E-state index is 12.9. The van der Waals surface area contributed by atoms with Crippen molar-refractivity contribution in [1.29, 1.82) is 0 Å². The first-order valence-corrected chi connectivity index (χ1v) is 12.4. The first kappa shape index (κ1) is 22.3. The van der Waals surface area contributed by atoms with Gasteiger partial charge in [-0.25, -0.2) is 0 Å². The molecule has 5 heteroatoms. The van der Waals surface area contributed by atoms with Crippen molar-refractivity contribution in [2.75, 3.05) is 26.2 Å². The van der Waals surface area contributed by atoms with Crippen LogP contribution in [-0.4, -0.2) is 59.9 Å². The van der Waals surface area contributed by atoms with E-state index in [1.807, 2.05) is 0 Å². The molecule has 2 atom stereocenters. The number of amides is 2. The van der Waals surface area contributed by atoms with Gasteiger partial charge in [-0.05, 0) is 81.4 Å². The average molecular weight is 426 g/mol. The topological polar surface area (TPSA) is 52.7 Å². The van der Waals surface area contributed by atoms with E-state index in [0.717, 1.165) is 56.8 Å². The molecule has 31 heavy (non-hydrogen) atoms. The molecule has 3 aliphatic rings. The summed E-state index contributed by atoms with van der Waals surface area (Å²) < 4.78 is 0. The van der Waals surface area contributed by atoms with Crippen molar-refractivity contribution in [3.05, 3.63) is 34.9 Å². The second-order valence-electron chi connectivity index (χ2n) is 10.1. The molecule has 1 aromatic carbocycles. The van der Waals surface area contributed by atoms with Crippen LogP contribution in [0, 0.1) is 19.8 Å². The SMILES string of the molecule is Cc1ccc(CC(=O)NC[C@@H]2CC[C@H](CC(=O)N3CCCCC3)N2CC2CC2)cc1C. The van der Waals surface area contributed by atoms with Crippen LogP contribution in [-0.2, 0) is 16.0 Å². The lowest BCUT2D eigenvalue weighted by molar-refractivity contribution is -0.133. The number of carbonyl (C=O) groups excluding carboxylic acids is 2. The van der Waals surface area contributed by atoms with Crippen molar-refractivity contribution in [2.24, 2.45) is 5.92 Å². The van der Waals surface area contributed by atoms with Gasteiger partial charge in [0.05, 0.1) is 6.42 Å². The van der Waals surface area contributed by atoms with Crippen LogP contribution in [0.2, 0.25) is 0 Å². The van der Waals surface area contributed by atoms with Gasteiger partial charge in [0.15, 0.2) is 0 Å². The average Bonchev–Trinajstić information content (AvgIpc) is 3.51. The highest BCUT2D eigenvalue weighted by molar-refractivity contribution is 5.78. The second-order valence-corrected chi connectivity index (χ2v) is 10.1. The van der Waals surface area contributed by atoms with Crippen LogP contribution in [0.5, 0.6) is 0 Å². The largest absolute Gasteiger partial charge is 0.354 e. The third-order valence-electron chi connectivity index (χ3n) is 7.53. The van der Waals surface area contributed by atoms with Gasteiger partial charge in [0, 0.05) is 44.7 Å². The van der Waals surface area contributed by atoms with E-state index < -0.39 is 0 Å². The van der Waals surface area contributed by atoms with Gasteiger partial charge >= 0.3 is 0 Å². The lowest BCUT2D eigenvalue weighted by atomic mass is 10.0. The minimum Gasteiger partial charge on any atom is -0.354 e. The first-order chi connectivity index (χ1) is 15.0. The number of piperidine rings is 1. The molecule has 0 unspecified atom stereocenters. The van der Waals surface area contributed by atoms with Gasteiger partial charge in [-0.15, -0.1) is 0 Å². The van der Waals surface area contributed by atoms with Crippen molar-refractivity contribution in [3.63, 3.8) is 0 Å². The molecule has 0 radical (unpaired) electrons. The Labute approximate surface area is 187 Å². The number of nitrogens with zero attached hydrogens (tertiary/aromatic N) is 2. The molecule has 5 nitrogen and oxygen atoms in total. The summed E-state index contributed by atoms with van der Waals surface area (Å²) in [7, 11) is 0. The van der Waals surface area contributed by atoms with E-state index in [1.54, 1.807) is 0 Å². The van der Waals surface area contributed by atoms with Crippen LogP contribution in [0.25, 0.3) is 0 Å². The minimum atomic E-state index is 0.0995. The molecule has 3 fully saturated rings. The molecular weight excluding hydrogens is 386 g/mol. The molecule has 2 heterocycles. The fraction of sp³-hybridized carbons (Fsp3) is 0.692. The molecule has 170 valence electrons. The van der Waals surface area contributed by atoms with Gasteiger partial charge in [0.2, 0.25) is 11.8 Å². The monoisotopic (exact) mass is 425 g/mol. The van der Waals surface area contributed by atoms with Crippen molar-refractivity contribution in [2.45, 2.75) is 83.7 Å². The number of carbonyl (C=O) groups is 2. The molecule has 1 saturated carbocycles. The van der Waals surface area contributed by atoms with E-state index in [1.165, 1.54) is 30.4 Å². The van der Waals surface area contributed by atoms with Gasteiger partial charge in [0.25, 0.3) is 0 Å². The number of benzene rings is 1. The Bertz CT molecular complexity index is 783. The van der Waals surface area contributed by atoms with E-state index in [4.69, 9.17) is 0 Å². The van der Waals surface area contributed by atoms with E-state index in [9.17, 15) is 9.59 Å². The summed E-state index contributed by atoms with van der Waals surface area (Å²) >= 11 is 0. The Morgan fingerprint density at radius 1 is 0.968 bits per heavy atom. The fourth-order valence-corrected chi connectivity index (χ4v) is 5.22. The molecule has 1 aromatic rings. The summed E-state index contributed by atoms with van der Waals surface area (Å²) in [6.07, 6.45) is 9.43. The molecule has 2 aliphatic heterocycles. The summed E-state index contributed by atoms with van der Waals surface area (Å²) in [5, 5.41) is 3.19. The number of hydrogen-bond donors (Lipinski definition) is 1. The second kappa shape index (κ2) is 10.2. The Morgan fingerprint density at radius 3 is 2.42 bits per heavy atom. The zero-order valence-electron chi connectivity index (χ0n) is 19.4. The van der Waals surface area contributed by atoms with Gasteiger partial charge < -0.3 is 10.2 Å². The summed E-state index contributed by atoms with van der Waals surface area (Å²) in [5.41, 5.74) is 3.57. The molecule has 0 spiro atoms. The number of hydrogen-bond acceptors (Lipinski definition) is 3. The Hall–Kier alpha value is -1.88. The van der Waals surface area contributed by atoms with E-state index in [0.29, 0.717) is 37.4 Å². The number of likely N-dealkylation sites (tertiary alicyclic amines) is 2. The summed E-state index contributed by atoms with van der Waals surface area (Å²) in [6.45, 7) is 7.86. The van der Waals surface area contributed by atoms with Crippen molar-refractivity contribution >= 4 is 11.8 Å². The number of nitrogens with one attached hydrogen (secondary N) is 1. The maximum Gasteiger partial charge on any atom is 0.224 e. The summed E-state index contributed by atoms with van der Waals surface area (Å²) in [6, 6.07) is 6.97. The minimum absolute atomic E-state index is 0.0995. The highest BCUT2D eigenvalue weighted by Gasteiger charge is 2.38. The van der Waals surface area contributed by atoms with E-state index in [-0.39, 0.29) is 5.91 Å².